The number of anilines is 1. The summed E-state index contributed by atoms with van der Waals surface area (Å²) in [5.74, 6) is -5.22. The number of carbonyl (C=O) groups excluding carboxylic acids is 3. The molecule has 186 valence electrons. The van der Waals surface area contributed by atoms with Crippen molar-refractivity contribution in [3.63, 3.8) is 0 Å². The third-order valence-corrected chi connectivity index (χ3v) is 4.32. The van der Waals surface area contributed by atoms with Gasteiger partial charge < -0.3 is 25.2 Å². The van der Waals surface area contributed by atoms with Gasteiger partial charge in [0.1, 0.15) is 0 Å². The molecular weight excluding hydrogens is 466 g/mol. The van der Waals surface area contributed by atoms with Gasteiger partial charge in [-0.2, -0.15) is 26.3 Å². The lowest BCUT2D eigenvalue weighted by Crippen LogP contribution is -2.69. The molecule has 1 aromatic carbocycles. The minimum absolute atomic E-state index is 0.345. The molecule has 0 saturated heterocycles. The van der Waals surface area contributed by atoms with Crippen molar-refractivity contribution in [3.8, 4) is 0 Å². The van der Waals surface area contributed by atoms with E-state index in [1.54, 1.807) is 5.32 Å². The number of amides is 1. The van der Waals surface area contributed by atoms with Gasteiger partial charge in [0.25, 0.3) is 5.60 Å². The Kier molecular flexibility index (Phi) is 8.36. The summed E-state index contributed by atoms with van der Waals surface area (Å²) in [7, 11) is 0. The maximum Gasteiger partial charge on any atom is 0.441 e. The van der Waals surface area contributed by atoms with Crippen molar-refractivity contribution in [2.24, 2.45) is 0 Å². The van der Waals surface area contributed by atoms with Crippen LogP contribution in [0.2, 0.25) is 0 Å². The van der Waals surface area contributed by atoms with Gasteiger partial charge in [0.2, 0.25) is 5.91 Å². The quantitative estimate of drug-likeness (QED) is 0.293. The summed E-state index contributed by atoms with van der Waals surface area (Å²) in [4.78, 5) is 35.6. The van der Waals surface area contributed by atoms with Gasteiger partial charge in [0.05, 0.1) is 13.2 Å². The standard InChI is InChI=1S/C19H22F6N2O6/c1-5-32-14(29)16(31,18(20,21)22)12-7-8-13(10(3)9-12)27-17(19(23,24)25,26-11(4)28)15(30)33-6-2/h7-9,27,31H,5-6H2,1-4H3,(H,26,28)/t16-,17+/m1/s1. The first-order chi connectivity index (χ1) is 15.0. The Labute approximate surface area is 184 Å². The van der Waals surface area contributed by atoms with E-state index in [0.29, 0.717) is 25.1 Å². The van der Waals surface area contributed by atoms with Crippen LogP contribution in [-0.2, 0) is 29.5 Å². The number of nitrogens with one attached hydrogen (secondary N) is 2. The molecule has 0 spiro atoms. The summed E-state index contributed by atoms with van der Waals surface area (Å²) in [6.45, 7) is 3.23. The van der Waals surface area contributed by atoms with E-state index >= 15 is 0 Å². The number of carbonyl (C=O) groups is 3. The Balaban J connectivity index is 3.63. The molecule has 2 atom stereocenters. The van der Waals surface area contributed by atoms with E-state index in [9.17, 15) is 45.8 Å². The number of aryl methyl sites for hydroxylation is 1. The maximum atomic E-state index is 13.9. The molecule has 1 amide bonds. The van der Waals surface area contributed by atoms with Crippen molar-refractivity contribution in [2.75, 3.05) is 18.5 Å². The highest BCUT2D eigenvalue weighted by Gasteiger charge is 2.64. The van der Waals surface area contributed by atoms with Crippen molar-refractivity contribution in [1.29, 1.82) is 0 Å². The summed E-state index contributed by atoms with van der Waals surface area (Å²) in [5, 5.41) is 13.4. The average molecular weight is 488 g/mol. The van der Waals surface area contributed by atoms with Gasteiger partial charge in [-0.15, -0.1) is 0 Å². The second-order valence-corrected chi connectivity index (χ2v) is 6.73. The minimum atomic E-state index is -5.53. The van der Waals surface area contributed by atoms with Crippen LogP contribution in [-0.4, -0.2) is 54.2 Å². The number of hydrogen-bond donors (Lipinski definition) is 3. The van der Waals surface area contributed by atoms with Gasteiger partial charge >= 0.3 is 30.0 Å². The summed E-state index contributed by atoms with van der Waals surface area (Å²) < 4.78 is 91.1. The lowest BCUT2D eigenvalue weighted by Gasteiger charge is -2.35. The molecule has 0 unspecified atom stereocenters. The molecular formula is C19H22F6N2O6. The highest BCUT2D eigenvalue weighted by Crippen LogP contribution is 2.42. The van der Waals surface area contributed by atoms with Crippen molar-refractivity contribution in [1.82, 2.24) is 5.32 Å². The Hall–Kier alpha value is -3.03. The minimum Gasteiger partial charge on any atom is -0.463 e. The first kappa shape index (κ1) is 28.0. The molecule has 0 aromatic heterocycles. The fraction of sp³-hybridized carbons (Fsp3) is 0.526. The van der Waals surface area contributed by atoms with Gasteiger partial charge in [-0.1, -0.05) is 12.1 Å². The molecule has 3 N–H and O–H groups in total. The van der Waals surface area contributed by atoms with Crippen molar-refractivity contribution >= 4 is 23.5 Å². The first-order valence-corrected chi connectivity index (χ1v) is 9.36. The third-order valence-electron chi connectivity index (χ3n) is 4.32. The molecule has 0 aliphatic carbocycles. The molecule has 1 aromatic rings. The summed E-state index contributed by atoms with van der Waals surface area (Å²) in [5.41, 5.74) is -9.81. The second-order valence-electron chi connectivity index (χ2n) is 6.73. The number of alkyl halides is 6. The lowest BCUT2D eigenvalue weighted by molar-refractivity contribution is -0.267. The largest absolute Gasteiger partial charge is 0.463 e. The number of benzene rings is 1. The number of esters is 2. The molecule has 33 heavy (non-hydrogen) atoms. The zero-order valence-electron chi connectivity index (χ0n) is 17.9. The van der Waals surface area contributed by atoms with E-state index in [1.807, 2.05) is 0 Å². The molecule has 0 aliphatic heterocycles. The maximum absolute atomic E-state index is 13.9. The van der Waals surface area contributed by atoms with Crippen LogP contribution >= 0.6 is 0 Å². The number of hydrogen-bond acceptors (Lipinski definition) is 7. The number of halogens is 6. The molecule has 14 heteroatoms. The van der Waals surface area contributed by atoms with Crippen LogP contribution in [0.5, 0.6) is 0 Å². The molecule has 0 heterocycles. The van der Waals surface area contributed by atoms with Gasteiger partial charge in [0, 0.05) is 18.2 Å². The predicted octanol–water partition coefficient (Wildman–Crippen LogP) is 2.68. The molecule has 8 nitrogen and oxygen atoms in total. The molecule has 0 radical (unpaired) electrons. The van der Waals surface area contributed by atoms with Crippen LogP contribution < -0.4 is 10.6 Å². The zero-order valence-corrected chi connectivity index (χ0v) is 17.9. The molecule has 0 saturated carbocycles. The fourth-order valence-electron chi connectivity index (χ4n) is 2.76. The average Bonchev–Trinajstić information content (AvgIpc) is 2.66. The summed E-state index contributed by atoms with van der Waals surface area (Å²) >= 11 is 0. The molecule has 1 rings (SSSR count). The topological polar surface area (TPSA) is 114 Å². The van der Waals surface area contributed by atoms with Crippen molar-refractivity contribution in [3.05, 3.63) is 29.3 Å². The monoisotopic (exact) mass is 488 g/mol. The van der Waals surface area contributed by atoms with Crippen molar-refractivity contribution in [2.45, 2.75) is 51.3 Å². The van der Waals surface area contributed by atoms with E-state index < -0.39 is 65.9 Å². The smallest absolute Gasteiger partial charge is 0.441 e. The number of aliphatic hydroxyl groups is 1. The van der Waals surface area contributed by atoms with Gasteiger partial charge in [0.15, 0.2) is 0 Å². The van der Waals surface area contributed by atoms with Crippen LogP contribution in [0.3, 0.4) is 0 Å². The Morgan fingerprint density at radius 2 is 1.45 bits per heavy atom. The highest BCUT2D eigenvalue weighted by molar-refractivity contribution is 5.91. The van der Waals surface area contributed by atoms with Gasteiger partial charge in [-0.3, -0.25) is 4.79 Å². The SMILES string of the molecule is CCOC(=O)[C@](NC(C)=O)(Nc1ccc([C@@](O)(C(=O)OCC)C(F)(F)F)cc1C)C(F)(F)F. The van der Waals surface area contributed by atoms with Crippen molar-refractivity contribution < 1.29 is 55.3 Å². The zero-order chi connectivity index (χ0) is 25.8. The Bertz CT molecular complexity index is 904. The summed E-state index contributed by atoms with van der Waals surface area (Å²) in [6, 6.07) is 1.79. The van der Waals surface area contributed by atoms with E-state index in [-0.39, 0.29) is 5.56 Å². The first-order valence-electron chi connectivity index (χ1n) is 9.36. The normalized spacial score (nSPS) is 15.6. The second kappa shape index (κ2) is 9.85. The molecule has 0 aliphatic rings. The number of rotatable bonds is 8. The van der Waals surface area contributed by atoms with Crippen LogP contribution in [0.4, 0.5) is 32.0 Å². The third kappa shape index (κ3) is 5.49. The number of ether oxygens (including phenoxy) is 2. The lowest BCUT2D eigenvalue weighted by atomic mass is 9.91. The molecule has 0 fully saturated rings. The van der Waals surface area contributed by atoms with E-state index in [2.05, 4.69) is 9.47 Å². The van der Waals surface area contributed by atoms with E-state index in [1.165, 1.54) is 19.2 Å². The predicted molar refractivity (Wildman–Crippen MR) is 101 cm³/mol. The van der Waals surface area contributed by atoms with Gasteiger partial charge in [-0.25, -0.2) is 9.59 Å². The van der Waals surface area contributed by atoms with Crippen LogP contribution in [0.25, 0.3) is 0 Å². The Morgan fingerprint density at radius 1 is 0.939 bits per heavy atom. The highest BCUT2D eigenvalue weighted by atomic mass is 19.4. The van der Waals surface area contributed by atoms with E-state index in [0.717, 1.165) is 6.92 Å². The fourth-order valence-corrected chi connectivity index (χ4v) is 2.76. The Morgan fingerprint density at radius 3 is 1.85 bits per heavy atom. The van der Waals surface area contributed by atoms with Crippen LogP contribution in [0.15, 0.2) is 18.2 Å². The van der Waals surface area contributed by atoms with E-state index in [4.69, 9.17) is 0 Å². The van der Waals surface area contributed by atoms with Gasteiger partial charge in [-0.05, 0) is 32.4 Å². The van der Waals surface area contributed by atoms with Crippen LogP contribution in [0.1, 0.15) is 31.9 Å². The summed E-state index contributed by atoms with van der Waals surface area (Å²) in [6.07, 6.45) is -11.0. The van der Waals surface area contributed by atoms with Crippen LogP contribution in [0, 0.1) is 6.92 Å². The molecule has 0 bridgehead atoms.